The summed E-state index contributed by atoms with van der Waals surface area (Å²) in [4.78, 5) is 23.7. The van der Waals surface area contributed by atoms with Crippen molar-refractivity contribution in [3.05, 3.63) is 71.8 Å². The van der Waals surface area contributed by atoms with Crippen molar-refractivity contribution in [3.63, 3.8) is 0 Å². The molecule has 0 amide bonds. The predicted molar refractivity (Wildman–Crippen MR) is 116 cm³/mol. The first-order chi connectivity index (χ1) is 15.0. The number of aromatic nitrogens is 3. The summed E-state index contributed by atoms with van der Waals surface area (Å²) in [5.74, 6) is 0.420. The summed E-state index contributed by atoms with van der Waals surface area (Å²) in [5, 5.41) is 5.81. The molecule has 10 nitrogen and oxygen atoms in total. The van der Waals surface area contributed by atoms with Crippen molar-refractivity contribution in [2.75, 3.05) is 17.1 Å². The van der Waals surface area contributed by atoms with Crippen LogP contribution in [0.1, 0.15) is 0 Å². The Balaban J connectivity index is 1.80. The number of hydrogen-bond acceptors (Lipinski definition) is 9. The Morgan fingerprint density at radius 1 is 0.935 bits per heavy atom. The zero-order valence-corrected chi connectivity index (χ0v) is 17.0. The molecule has 0 saturated heterocycles. The molecule has 0 atom stereocenters. The summed E-state index contributed by atoms with van der Waals surface area (Å²) in [6, 6.07) is 15.8. The Labute approximate surface area is 177 Å². The van der Waals surface area contributed by atoms with Crippen molar-refractivity contribution >= 4 is 44.1 Å². The minimum Gasteiger partial charge on any atom is -0.480 e. The number of nitroso groups, excluding NO2 is 1. The van der Waals surface area contributed by atoms with Gasteiger partial charge in [0.25, 0.3) is 10.0 Å². The van der Waals surface area contributed by atoms with E-state index in [9.17, 15) is 13.3 Å². The molecular weight excluding hydrogens is 420 g/mol. The van der Waals surface area contributed by atoms with Crippen LogP contribution in [0.2, 0.25) is 0 Å². The number of nitrogens with zero attached hydrogens (tertiary/aromatic N) is 4. The predicted octanol–water partition coefficient (Wildman–Crippen LogP) is 3.98. The molecule has 0 unspecified atom stereocenters. The standard InChI is InChI=1S/C20H16N6O4S/c1-30-20-17(10-5-11-21-20)24-18-19(23-16-9-3-2-8-15(16)22-18)26-31(28,29)14-7-4-6-13(12-14)25-27/h2-12H,1H3,(H,22,24)(H,23,26). The number of benzene rings is 2. The van der Waals surface area contributed by atoms with E-state index < -0.39 is 10.0 Å². The van der Waals surface area contributed by atoms with E-state index in [2.05, 4.69) is 30.2 Å². The Kier molecular flexibility index (Phi) is 5.41. The average molecular weight is 436 g/mol. The molecule has 156 valence electrons. The normalized spacial score (nSPS) is 11.1. The number of pyridine rings is 1. The molecule has 2 heterocycles. The van der Waals surface area contributed by atoms with Crippen molar-refractivity contribution in [1.29, 1.82) is 0 Å². The number of sulfonamides is 1. The quantitative estimate of drug-likeness (QED) is 0.415. The lowest BCUT2D eigenvalue weighted by molar-refractivity contribution is 0.400. The summed E-state index contributed by atoms with van der Waals surface area (Å²) in [6.07, 6.45) is 1.56. The molecule has 0 radical (unpaired) electrons. The van der Waals surface area contributed by atoms with Crippen molar-refractivity contribution in [2.24, 2.45) is 5.18 Å². The van der Waals surface area contributed by atoms with Gasteiger partial charge in [0.2, 0.25) is 5.88 Å². The van der Waals surface area contributed by atoms with Gasteiger partial charge in [-0.3, -0.25) is 4.72 Å². The maximum Gasteiger partial charge on any atom is 0.263 e. The molecular formula is C20H16N6O4S. The molecule has 0 aliphatic heterocycles. The maximum atomic E-state index is 12.9. The van der Waals surface area contributed by atoms with Gasteiger partial charge in [0.05, 0.1) is 23.0 Å². The second-order valence-corrected chi connectivity index (χ2v) is 7.97. The second kappa shape index (κ2) is 8.32. The van der Waals surface area contributed by atoms with E-state index in [1.807, 2.05) is 0 Å². The van der Waals surface area contributed by atoms with E-state index in [0.29, 0.717) is 22.6 Å². The van der Waals surface area contributed by atoms with Crippen LogP contribution in [-0.2, 0) is 10.0 Å². The van der Waals surface area contributed by atoms with Gasteiger partial charge in [0.1, 0.15) is 11.4 Å². The number of hydrogen-bond donors (Lipinski definition) is 2. The van der Waals surface area contributed by atoms with Crippen LogP contribution < -0.4 is 14.8 Å². The lowest BCUT2D eigenvalue weighted by atomic mass is 10.3. The molecule has 2 N–H and O–H groups in total. The summed E-state index contributed by atoms with van der Waals surface area (Å²) in [7, 11) is -2.61. The van der Waals surface area contributed by atoms with E-state index in [1.165, 1.54) is 31.4 Å². The smallest absolute Gasteiger partial charge is 0.263 e. The van der Waals surface area contributed by atoms with Crippen molar-refractivity contribution in [1.82, 2.24) is 15.0 Å². The van der Waals surface area contributed by atoms with Gasteiger partial charge < -0.3 is 10.1 Å². The van der Waals surface area contributed by atoms with Crippen molar-refractivity contribution in [2.45, 2.75) is 4.90 Å². The third-order valence-corrected chi connectivity index (χ3v) is 5.59. The van der Waals surface area contributed by atoms with Crippen LogP contribution in [0.5, 0.6) is 5.88 Å². The number of methoxy groups -OCH3 is 1. The number of rotatable bonds is 7. The maximum absolute atomic E-state index is 12.9. The number of ether oxygens (including phenoxy) is 1. The van der Waals surface area contributed by atoms with Crippen LogP contribution in [0.3, 0.4) is 0 Å². The molecule has 0 bridgehead atoms. The van der Waals surface area contributed by atoms with Crippen LogP contribution in [0.25, 0.3) is 11.0 Å². The Morgan fingerprint density at radius 2 is 1.68 bits per heavy atom. The van der Waals surface area contributed by atoms with Gasteiger partial charge in [-0.05, 0) is 47.6 Å². The molecule has 4 aromatic rings. The fraction of sp³-hybridized carbons (Fsp3) is 0.0500. The first-order valence-corrected chi connectivity index (χ1v) is 10.5. The molecule has 0 aliphatic rings. The fourth-order valence-electron chi connectivity index (χ4n) is 2.83. The van der Waals surface area contributed by atoms with Gasteiger partial charge in [-0.25, -0.2) is 23.4 Å². The van der Waals surface area contributed by atoms with Gasteiger partial charge in [-0.1, -0.05) is 18.2 Å². The molecule has 2 aromatic heterocycles. The zero-order valence-electron chi connectivity index (χ0n) is 16.2. The van der Waals surface area contributed by atoms with Gasteiger partial charge in [-0.2, -0.15) is 0 Å². The SMILES string of the molecule is COc1ncccc1Nc1nc2ccccc2nc1NS(=O)(=O)c1cccc(N=O)c1. The fourth-order valence-corrected chi connectivity index (χ4v) is 3.88. The van der Waals surface area contributed by atoms with Crippen LogP contribution in [0.4, 0.5) is 23.0 Å². The van der Waals surface area contributed by atoms with Crippen LogP contribution in [0, 0.1) is 4.91 Å². The van der Waals surface area contributed by atoms with Gasteiger partial charge in [-0.15, -0.1) is 4.91 Å². The van der Waals surface area contributed by atoms with Crippen molar-refractivity contribution < 1.29 is 13.2 Å². The Morgan fingerprint density at radius 3 is 2.39 bits per heavy atom. The average Bonchev–Trinajstić information content (AvgIpc) is 2.79. The first kappa shape index (κ1) is 20.2. The largest absolute Gasteiger partial charge is 0.480 e. The van der Waals surface area contributed by atoms with Gasteiger partial charge >= 0.3 is 0 Å². The van der Waals surface area contributed by atoms with Gasteiger partial charge in [0, 0.05) is 6.20 Å². The highest BCUT2D eigenvalue weighted by atomic mass is 32.2. The lowest BCUT2D eigenvalue weighted by Crippen LogP contribution is -2.16. The Bertz CT molecular complexity index is 1380. The molecule has 2 aromatic carbocycles. The first-order valence-electron chi connectivity index (χ1n) is 8.99. The van der Waals surface area contributed by atoms with Gasteiger partial charge in [0.15, 0.2) is 11.6 Å². The molecule has 0 saturated carbocycles. The van der Waals surface area contributed by atoms with Crippen LogP contribution in [0.15, 0.2) is 76.9 Å². The molecule has 0 spiro atoms. The van der Waals surface area contributed by atoms with Crippen molar-refractivity contribution in [3.8, 4) is 5.88 Å². The third kappa shape index (κ3) is 4.26. The highest BCUT2D eigenvalue weighted by Gasteiger charge is 2.20. The molecule has 11 heteroatoms. The van der Waals surface area contributed by atoms with Crippen LogP contribution in [-0.4, -0.2) is 30.5 Å². The monoisotopic (exact) mass is 436 g/mol. The minimum absolute atomic E-state index is 0.00841. The van der Waals surface area contributed by atoms with E-state index in [0.717, 1.165) is 0 Å². The second-order valence-electron chi connectivity index (χ2n) is 6.29. The third-order valence-electron chi connectivity index (χ3n) is 4.25. The molecule has 4 rings (SSSR count). The van der Waals surface area contributed by atoms with Crippen LogP contribution >= 0.6 is 0 Å². The number of para-hydroxylation sites is 2. The summed E-state index contributed by atoms with van der Waals surface area (Å²) in [5.41, 5.74) is 1.52. The highest BCUT2D eigenvalue weighted by molar-refractivity contribution is 7.92. The van der Waals surface area contributed by atoms with E-state index >= 15 is 0 Å². The number of fused-ring (bicyclic) bond motifs is 1. The van der Waals surface area contributed by atoms with E-state index in [-0.39, 0.29) is 22.2 Å². The number of nitrogens with one attached hydrogen (secondary N) is 2. The number of anilines is 3. The summed E-state index contributed by atoms with van der Waals surface area (Å²) in [6.45, 7) is 0. The molecule has 31 heavy (non-hydrogen) atoms. The van der Waals surface area contributed by atoms with E-state index in [1.54, 1.807) is 42.6 Å². The zero-order chi connectivity index (χ0) is 21.8. The lowest BCUT2D eigenvalue weighted by Gasteiger charge is -2.15. The Hall–Kier alpha value is -4.12. The summed E-state index contributed by atoms with van der Waals surface area (Å²) < 4.78 is 33.6. The highest BCUT2D eigenvalue weighted by Crippen LogP contribution is 2.30. The molecule has 0 fully saturated rings. The molecule has 0 aliphatic carbocycles. The topological polar surface area (TPSA) is 136 Å². The summed E-state index contributed by atoms with van der Waals surface area (Å²) >= 11 is 0. The minimum atomic E-state index is -4.08. The van der Waals surface area contributed by atoms with E-state index in [4.69, 9.17) is 4.74 Å².